The molecule has 4 rings (SSSR count). The summed E-state index contributed by atoms with van der Waals surface area (Å²) in [6, 6.07) is 13.9. The summed E-state index contributed by atoms with van der Waals surface area (Å²) in [6.45, 7) is 2.66. The normalized spacial score (nSPS) is 15.2. The van der Waals surface area contributed by atoms with Gasteiger partial charge in [-0.25, -0.2) is 9.37 Å². The molecule has 166 valence electrons. The van der Waals surface area contributed by atoms with Crippen molar-refractivity contribution in [1.82, 2.24) is 9.97 Å². The number of carbonyl (C=O) groups is 1. The third-order valence-electron chi connectivity index (χ3n) is 5.30. The molecule has 1 atom stereocenters. The number of aromatic nitrogens is 2. The van der Waals surface area contributed by atoms with E-state index in [1.807, 2.05) is 24.3 Å². The smallest absolute Gasteiger partial charge is 0.257 e. The van der Waals surface area contributed by atoms with Crippen LogP contribution in [0.2, 0.25) is 0 Å². The number of halogens is 1. The number of benzene rings is 2. The van der Waals surface area contributed by atoms with Crippen LogP contribution in [0.1, 0.15) is 48.8 Å². The number of ether oxygens (including phenoxy) is 1. The molecule has 2 N–H and O–H groups in total. The zero-order chi connectivity index (χ0) is 22.5. The SMILES string of the molecule is CCCCOc1ccccc1[C@@H]1CC(=O)Nc2nc(SCc3ccccc3F)[nH]c(=O)c21. The molecular formula is C24H24FN3O3S. The first-order valence-electron chi connectivity index (χ1n) is 10.6. The second kappa shape index (κ2) is 9.99. The van der Waals surface area contributed by atoms with Crippen LogP contribution in [0.4, 0.5) is 10.2 Å². The summed E-state index contributed by atoms with van der Waals surface area (Å²) in [4.78, 5) is 32.8. The van der Waals surface area contributed by atoms with Gasteiger partial charge in [0.2, 0.25) is 5.91 Å². The predicted octanol–water partition coefficient (Wildman–Crippen LogP) is 4.85. The molecule has 6 nitrogen and oxygen atoms in total. The molecule has 0 unspecified atom stereocenters. The number of nitrogens with one attached hydrogen (secondary N) is 2. The van der Waals surface area contributed by atoms with Crippen LogP contribution in [0, 0.1) is 5.82 Å². The third kappa shape index (κ3) is 4.85. The number of nitrogens with zero attached hydrogens (tertiary/aromatic N) is 1. The number of anilines is 1. The number of H-pyrrole nitrogens is 1. The van der Waals surface area contributed by atoms with Gasteiger partial charge in [-0.3, -0.25) is 9.59 Å². The van der Waals surface area contributed by atoms with Crippen molar-refractivity contribution in [1.29, 1.82) is 0 Å². The van der Waals surface area contributed by atoms with E-state index in [4.69, 9.17) is 4.74 Å². The Morgan fingerprint density at radius 2 is 1.94 bits per heavy atom. The molecule has 32 heavy (non-hydrogen) atoms. The molecule has 0 saturated carbocycles. The van der Waals surface area contributed by atoms with Gasteiger partial charge in [0.25, 0.3) is 5.56 Å². The van der Waals surface area contributed by atoms with E-state index < -0.39 is 5.92 Å². The fourth-order valence-electron chi connectivity index (χ4n) is 3.67. The number of hydrogen-bond acceptors (Lipinski definition) is 5. The van der Waals surface area contributed by atoms with Gasteiger partial charge in [0.15, 0.2) is 5.16 Å². The lowest BCUT2D eigenvalue weighted by molar-refractivity contribution is -0.116. The minimum Gasteiger partial charge on any atom is -0.493 e. The fourth-order valence-corrected chi connectivity index (χ4v) is 4.52. The highest BCUT2D eigenvalue weighted by molar-refractivity contribution is 7.98. The van der Waals surface area contributed by atoms with Crippen molar-refractivity contribution in [3.63, 3.8) is 0 Å². The van der Waals surface area contributed by atoms with Crippen LogP contribution in [0.3, 0.4) is 0 Å². The molecule has 2 aromatic carbocycles. The van der Waals surface area contributed by atoms with E-state index in [2.05, 4.69) is 22.2 Å². The van der Waals surface area contributed by atoms with E-state index in [0.717, 1.165) is 18.4 Å². The number of aromatic amines is 1. The number of thioether (sulfide) groups is 1. The largest absolute Gasteiger partial charge is 0.493 e. The molecular weight excluding hydrogens is 429 g/mol. The van der Waals surface area contributed by atoms with Crippen LogP contribution in [-0.4, -0.2) is 22.5 Å². The molecule has 2 heterocycles. The second-order valence-electron chi connectivity index (χ2n) is 7.56. The van der Waals surface area contributed by atoms with Crippen molar-refractivity contribution < 1.29 is 13.9 Å². The maximum atomic E-state index is 13.9. The minimum absolute atomic E-state index is 0.133. The lowest BCUT2D eigenvalue weighted by atomic mass is 9.86. The van der Waals surface area contributed by atoms with Gasteiger partial charge >= 0.3 is 0 Å². The summed E-state index contributed by atoms with van der Waals surface area (Å²) in [5.41, 5.74) is 1.39. The van der Waals surface area contributed by atoms with Gasteiger partial charge in [0.05, 0.1) is 12.2 Å². The maximum Gasteiger partial charge on any atom is 0.257 e. The van der Waals surface area contributed by atoms with E-state index in [1.54, 1.807) is 18.2 Å². The molecule has 0 bridgehead atoms. The van der Waals surface area contributed by atoms with Crippen molar-refractivity contribution in [3.8, 4) is 5.75 Å². The summed E-state index contributed by atoms with van der Waals surface area (Å²) in [7, 11) is 0. The van der Waals surface area contributed by atoms with Gasteiger partial charge < -0.3 is 15.0 Å². The maximum absolute atomic E-state index is 13.9. The molecule has 0 radical (unpaired) electrons. The molecule has 3 aromatic rings. The lowest BCUT2D eigenvalue weighted by Gasteiger charge is -2.26. The van der Waals surface area contributed by atoms with Crippen LogP contribution in [0.25, 0.3) is 0 Å². The molecule has 0 aliphatic carbocycles. The zero-order valence-corrected chi connectivity index (χ0v) is 18.5. The van der Waals surface area contributed by atoms with E-state index in [-0.39, 0.29) is 29.5 Å². The fraction of sp³-hybridized carbons (Fsp3) is 0.292. The van der Waals surface area contributed by atoms with E-state index in [0.29, 0.717) is 34.4 Å². The molecule has 0 saturated heterocycles. The summed E-state index contributed by atoms with van der Waals surface area (Å²) < 4.78 is 19.8. The number of rotatable bonds is 8. The van der Waals surface area contributed by atoms with Gasteiger partial charge in [0.1, 0.15) is 17.4 Å². The Hall–Kier alpha value is -3.13. The number of amides is 1. The van der Waals surface area contributed by atoms with E-state index >= 15 is 0 Å². The van der Waals surface area contributed by atoms with Crippen molar-refractivity contribution in [2.45, 2.75) is 43.0 Å². The zero-order valence-electron chi connectivity index (χ0n) is 17.7. The van der Waals surface area contributed by atoms with Crippen molar-refractivity contribution >= 4 is 23.5 Å². The summed E-state index contributed by atoms with van der Waals surface area (Å²) >= 11 is 1.21. The Morgan fingerprint density at radius 3 is 2.75 bits per heavy atom. The van der Waals surface area contributed by atoms with Crippen LogP contribution in [0.15, 0.2) is 58.5 Å². The van der Waals surface area contributed by atoms with Crippen LogP contribution in [0.5, 0.6) is 5.75 Å². The van der Waals surface area contributed by atoms with Crippen molar-refractivity contribution in [2.24, 2.45) is 0 Å². The molecule has 1 aliphatic rings. The Kier molecular flexibility index (Phi) is 6.90. The Balaban J connectivity index is 1.64. The average molecular weight is 454 g/mol. The molecule has 1 aromatic heterocycles. The molecule has 0 spiro atoms. The third-order valence-corrected chi connectivity index (χ3v) is 6.22. The summed E-state index contributed by atoms with van der Waals surface area (Å²) in [5.74, 6) is 0.235. The van der Waals surface area contributed by atoms with Crippen molar-refractivity contribution in [3.05, 3.63) is 81.4 Å². The number of para-hydroxylation sites is 1. The van der Waals surface area contributed by atoms with Gasteiger partial charge in [-0.05, 0) is 24.1 Å². The lowest BCUT2D eigenvalue weighted by Crippen LogP contribution is -2.31. The van der Waals surface area contributed by atoms with Gasteiger partial charge in [0, 0.05) is 23.7 Å². The summed E-state index contributed by atoms with van der Waals surface area (Å²) in [6.07, 6.45) is 2.06. The predicted molar refractivity (Wildman–Crippen MR) is 123 cm³/mol. The topological polar surface area (TPSA) is 84.1 Å². The highest BCUT2D eigenvalue weighted by Gasteiger charge is 2.32. The van der Waals surface area contributed by atoms with Crippen molar-refractivity contribution in [2.75, 3.05) is 11.9 Å². The summed E-state index contributed by atoms with van der Waals surface area (Å²) in [5, 5.41) is 3.05. The molecule has 0 fully saturated rings. The number of fused-ring (bicyclic) bond motifs is 1. The highest BCUT2D eigenvalue weighted by atomic mass is 32.2. The minimum atomic E-state index is -0.460. The Labute approximate surface area is 189 Å². The van der Waals surface area contributed by atoms with E-state index in [9.17, 15) is 14.0 Å². The van der Waals surface area contributed by atoms with E-state index in [1.165, 1.54) is 17.8 Å². The first-order valence-corrected chi connectivity index (χ1v) is 11.6. The Morgan fingerprint density at radius 1 is 1.16 bits per heavy atom. The van der Waals surface area contributed by atoms with Crippen LogP contribution < -0.4 is 15.6 Å². The first-order chi connectivity index (χ1) is 15.6. The van der Waals surface area contributed by atoms with Crippen LogP contribution >= 0.6 is 11.8 Å². The van der Waals surface area contributed by atoms with Crippen LogP contribution in [-0.2, 0) is 10.5 Å². The molecule has 1 aliphatic heterocycles. The standard InChI is InChI=1S/C24H24FN3O3S/c1-2-3-12-31-19-11-7-5-9-16(19)17-13-20(29)26-22-21(17)23(30)28-24(27-22)32-14-15-8-4-6-10-18(15)25/h4-11,17H,2-3,12-14H2,1H3,(H2,26,27,28,29,30)/t17-/m0/s1. The quantitative estimate of drug-likeness (QED) is 0.289. The number of hydrogen-bond donors (Lipinski definition) is 2. The van der Waals surface area contributed by atoms with Gasteiger partial charge in [-0.15, -0.1) is 0 Å². The Bertz CT molecular complexity index is 1180. The number of carbonyl (C=O) groups excluding carboxylic acids is 1. The molecule has 8 heteroatoms. The van der Waals surface area contributed by atoms with Gasteiger partial charge in [-0.2, -0.15) is 0 Å². The first kappa shape index (κ1) is 22.1. The average Bonchev–Trinajstić information content (AvgIpc) is 2.78. The second-order valence-corrected chi connectivity index (χ2v) is 8.52. The molecule has 1 amide bonds. The number of unbranched alkanes of at least 4 members (excludes halogenated alkanes) is 1. The van der Waals surface area contributed by atoms with Gasteiger partial charge in [-0.1, -0.05) is 61.5 Å². The highest BCUT2D eigenvalue weighted by Crippen LogP contribution is 2.38. The monoisotopic (exact) mass is 453 g/mol.